The highest BCUT2D eigenvalue weighted by atomic mass is 16.5. The van der Waals surface area contributed by atoms with Crippen LogP contribution in [0.5, 0.6) is 0 Å². The fraction of sp³-hybridized carbons (Fsp3) is 0.742. The van der Waals surface area contributed by atoms with Crippen LogP contribution in [-0.2, 0) is 36.9 Å². The zero-order chi connectivity index (χ0) is 32.2. The van der Waals surface area contributed by atoms with E-state index in [9.17, 15) is 24.3 Å². The average molecular weight is 618 g/mol. The fourth-order valence-electron chi connectivity index (χ4n) is 4.94. The number of carbonyl (C=O) groups is 4. The molecule has 1 aliphatic heterocycles. The molecule has 13 nitrogen and oxygen atoms in total. The van der Waals surface area contributed by atoms with Crippen LogP contribution in [0, 0.1) is 18.3 Å². The van der Waals surface area contributed by atoms with E-state index in [4.69, 9.17) is 11.2 Å². The van der Waals surface area contributed by atoms with Crippen LogP contribution < -0.4 is 5.32 Å². The Hall–Kier alpha value is -3.50. The molecule has 1 aromatic rings. The predicted molar refractivity (Wildman–Crippen MR) is 165 cm³/mol. The minimum Gasteiger partial charge on any atom is -0.465 e. The molecule has 0 saturated carbocycles. The van der Waals surface area contributed by atoms with Crippen molar-refractivity contribution in [3.8, 4) is 12.3 Å². The number of hydrogen-bond acceptors (Lipinski definition) is 9. The highest BCUT2D eigenvalue weighted by molar-refractivity contribution is 5.78. The number of piperidine rings is 1. The van der Waals surface area contributed by atoms with Crippen LogP contribution in [0.3, 0.4) is 0 Å². The number of esters is 1. The Kier molecular flexibility index (Phi) is 17.7. The first-order chi connectivity index (χ1) is 21.3. The molecule has 2 heterocycles. The Morgan fingerprint density at radius 3 is 2.41 bits per heavy atom. The number of carbonyl (C=O) groups excluding carboxylic acids is 4. The van der Waals surface area contributed by atoms with Gasteiger partial charge in [0, 0.05) is 77.6 Å². The summed E-state index contributed by atoms with van der Waals surface area (Å²) in [5.74, 6) is 2.10. The summed E-state index contributed by atoms with van der Waals surface area (Å²) < 4.78 is 7.19. The molecular weight excluding hydrogens is 566 g/mol. The van der Waals surface area contributed by atoms with E-state index in [-0.39, 0.29) is 62.1 Å². The van der Waals surface area contributed by atoms with Crippen molar-refractivity contribution >= 4 is 23.7 Å². The number of aliphatic hydroxyl groups is 1. The van der Waals surface area contributed by atoms with Gasteiger partial charge in [-0.1, -0.05) is 12.1 Å². The lowest BCUT2D eigenvalue weighted by Gasteiger charge is -2.28. The SMILES string of the molecule is C#CCCCC(=O)N(CCO)CCN(CCNC(=O)CC)C(=O)CCCc1cn(CCCOC(=O)C2CCN(C)CC2)nn1. The fourth-order valence-corrected chi connectivity index (χ4v) is 4.94. The summed E-state index contributed by atoms with van der Waals surface area (Å²) in [4.78, 5) is 55.1. The number of aliphatic hydroxyl groups excluding tert-OH is 1. The van der Waals surface area contributed by atoms with Gasteiger partial charge in [-0.25, -0.2) is 0 Å². The van der Waals surface area contributed by atoms with Gasteiger partial charge < -0.3 is 29.9 Å². The van der Waals surface area contributed by atoms with Crippen molar-refractivity contribution in [2.24, 2.45) is 5.92 Å². The monoisotopic (exact) mass is 617 g/mol. The molecule has 0 atom stereocenters. The standard InChI is InChI=1S/C31H51N7O6/c1-4-6-7-11-29(41)37(22-23-39)21-20-36(19-15-32-28(40)5-2)30(42)12-8-10-27-25-38(34-33-27)16-9-24-44-31(43)26-13-17-35(3)18-14-26/h1,25-26,39H,5-24H2,2-3H3,(H,32,40). The van der Waals surface area contributed by atoms with Gasteiger partial charge in [0.25, 0.3) is 0 Å². The van der Waals surface area contributed by atoms with E-state index in [0.29, 0.717) is 71.3 Å². The molecule has 1 fully saturated rings. The van der Waals surface area contributed by atoms with Crippen LogP contribution in [0.4, 0.5) is 0 Å². The third-order valence-electron chi connectivity index (χ3n) is 7.69. The molecule has 0 radical (unpaired) electrons. The van der Waals surface area contributed by atoms with Crippen molar-refractivity contribution in [1.29, 1.82) is 0 Å². The Morgan fingerprint density at radius 1 is 1.07 bits per heavy atom. The largest absolute Gasteiger partial charge is 0.465 e. The van der Waals surface area contributed by atoms with Gasteiger partial charge in [0.15, 0.2) is 0 Å². The molecule has 2 rings (SSSR count). The molecule has 13 heteroatoms. The summed E-state index contributed by atoms with van der Waals surface area (Å²) in [5.41, 5.74) is 0.773. The molecule has 1 saturated heterocycles. The second kappa shape index (κ2) is 21.2. The van der Waals surface area contributed by atoms with Crippen molar-refractivity contribution in [2.45, 2.75) is 77.7 Å². The predicted octanol–water partition coefficient (Wildman–Crippen LogP) is 0.855. The van der Waals surface area contributed by atoms with E-state index in [1.54, 1.807) is 21.4 Å². The lowest BCUT2D eigenvalue weighted by molar-refractivity contribution is -0.150. The first-order valence-corrected chi connectivity index (χ1v) is 15.9. The van der Waals surface area contributed by atoms with Crippen molar-refractivity contribution in [3.63, 3.8) is 0 Å². The van der Waals surface area contributed by atoms with Gasteiger partial charge in [0.2, 0.25) is 17.7 Å². The Labute approximate surface area is 261 Å². The van der Waals surface area contributed by atoms with E-state index in [0.717, 1.165) is 31.6 Å². The molecule has 0 aliphatic carbocycles. The number of hydrogen-bond donors (Lipinski definition) is 2. The third kappa shape index (κ3) is 14.3. The van der Waals surface area contributed by atoms with Crippen molar-refractivity contribution in [3.05, 3.63) is 11.9 Å². The molecule has 44 heavy (non-hydrogen) atoms. The van der Waals surface area contributed by atoms with Crippen LogP contribution >= 0.6 is 0 Å². The van der Waals surface area contributed by atoms with Crippen LogP contribution in [0.15, 0.2) is 6.20 Å². The maximum atomic E-state index is 13.1. The van der Waals surface area contributed by atoms with E-state index >= 15 is 0 Å². The van der Waals surface area contributed by atoms with Gasteiger partial charge in [-0.05, 0) is 52.2 Å². The van der Waals surface area contributed by atoms with Crippen LogP contribution in [0.1, 0.15) is 70.4 Å². The molecular formula is C31H51N7O6. The van der Waals surface area contributed by atoms with E-state index in [2.05, 4.69) is 33.5 Å². The lowest BCUT2D eigenvalue weighted by atomic mass is 9.97. The highest BCUT2D eigenvalue weighted by Gasteiger charge is 2.24. The molecule has 1 aromatic heterocycles. The molecule has 0 unspecified atom stereocenters. The summed E-state index contributed by atoms with van der Waals surface area (Å²) >= 11 is 0. The summed E-state index contributed by atoms with van der Waals surface area (Å²) in [5, 5.41) is 20.6. The lowest BCUT2D eigenvalue weighted by Crippen LogP contribution is -2.44. The summed E-state index contributed by atoms with van der Waals surface area (Å²) in [7, 11) is 2.06. The quantitative estimate of drug-likeness (QED) is 0.116. The molecule has 0 spiro atoms. The smallest absolute Gasteiger partial charge is 0.309 e. The third-order valence-corrected chi connectivity index (χ3v) is 7.69. The molecule has 246 valence electrons. The maximum absolute atomic E-state index is 13.1. The van der Waals surface area contributed by atoms with Crippen LogP contribution in [-0.4, -0.2) is 125 Å². The molecule has 0 aromatic carbocycles. The van der Waals surface area contributed by atoms with Gasteiger partial charge in [0.1, 0.15) is 0 Å². The van der Waals surface area contributed by atoms with Gasteiger partial charge in [-0.3, -0.25) is 23.9 Å². The number of nitrogens with one attached hydrogen (secondary N) is 1. The topological polar surface area (TPSA) is 150 Å². The maximum Gasteiger partial charge on any atom is 0.309 e. The number of unbranched alkanes of at least 4 members (excludes halogenated alkanes) is 1. The van der Waals surface area contributed by atoms with E-state index in [1.807, 2.05) is 6.20 Å². The Bertz CT molecular complexity index is 1060. The first-order valence-electron chi connectivity index (χ1n) is 15.9. The van der Waals surface area contributed by atoms with E-state index < -0.39 is 0 Å². The van der Waals surface area contributed by atoms with Gasteiger partial charge in [0.05, 0.1) is 24.8 Å². The summed E-state index contributed by atoms with van der Waals surface area (Å²) in [6, 6.07) is 0. The minimum absolute atomic E-state index is 0.0101. The number of rotatable bonds is 21. The number of ether oxygens (including phenoxy) is 1. The molecule has 0 bridgehead atoms. The minimum atomic E-state index is -0.175. The van der Waals surface area contributed by atoms with Crippen molar-refractivity contribution in [2.75, 3.05) is 66.1 Å². The van der Waals surface area contributed by atoms with Gasteiger partial charge in [-0.15, -0.1) is 17.4 Å². The Balaban J connectivity index is 1.78. The second-order valence-electron chi connectivity index (χ2n) is 11.2. The molecule has 2 N–H and O–H groups in total. The van der Waals surface area contributed by atoms with Crippen LogP contribution in [0.2, 0.25) is 0 Å². The number of nitrogens with zero attached hydrogens (tertiary/aromatic N) is 6. The zero-order valence-corrected chi connectivity index (χ0v) is 26.5. The molecule has 3 amide bonds. The second-order valence-corrected chi connectivity index (χ2v) is 11.2. The highest BCUT2D eigenvalue weighted by Crippen LogP contribution is 2.17. The zero-order valence-electron chi connectivity index (χ0n) is 26.5. The summed E-state index contributed by atoms with van der Waals surface area (Å²) in [6.07, 6.45) is 12.6. The number of likely N-dealkylation sites (tertiary alicyclic amines) is 1. The number of amides is 3. The number of aromatic nitrogens is 3. The average Bonchev–Trinajstić information content (AvgIpc) is 3.47. The van der Waals surface area contributed by atoms with Crippen LogP contribution in [0.25, 0.3) is 0 Å². The van der Waals surface area contributed by atoms with E-state index in [1.165, 1.54) is 0 Å². The number of aryl methyl sites for hydroxylation is 2. The normalized spacial score (nSPS) is 13.7. The van der Waals surface area contributed by atoms with Crippen molar-refractivity contribution < 1.29 is 29.0 Å². The Morgan fingerprint density at radius 2 is 1.75 bits per heavy atom. The van der Waals surface area contributed by atoms with Gasteiger partial charge >= 0.3 is 5.97 Å². The van der Waals surface area contributed by atoms with Crippen molar-refractivity contribution in [1.82, 2.24) is 35.0 Å². The number of terminal acetylenes is 1. The summed E-state index contributed by atoms with van der Waals surface area (Å²) in [6.45, 7) is 5.74. The molecule has 1 aliphatic rings. The first kappa shape index (κ1) is 36.7. The van der Waals surface area contributed by atoms with Gasteiger partial charge in [-0.2, -0.15) is 0 Å².